The molecule has 2 heterocycles. The summed E-state index contributed by atoms with van der Waals surface area (Å²) >= 11 is 2.80. The van der Waals surface area contributed by atoms with Gasteiger partial charge in [0.2, 0.25) is 10.9 Å². The van der Waals surface area contributed by atoms with Gasteiger partial charge in [0.1, 0.15) is 11.4 Å². The molecule has 1 N–H and O–H groups in total. The van der Waals surface area contributed by atoms with Crippen LogP contribution in [0.1, 0.15) is 21.7 Å². The van der Waals surface area contributed by atoms with E-state index in [1.54, 1.807) is 7.11 Å². The van der Waals surface area contributed by atoms with Crippen molar-refractivity contribution in [2.75, 3.05) is 18.7 Å². The molecule has 1 aromatic carbocycles. The Bertz CT molecular complexity index is 951. The van der Waals surface area contributed by atoms with Crippen molar-refractivity contribution in [3.63, 3.8) is 0 Å². The average molecular weight is 374 g/mol. The van der Waals surface area contributed by atoms with Crippen molar-refractivity contribution in [3.05, 3.63) is 35.1 Å². The van der Waals surface area contributed by atoms with Crippen LogP contribution >= 0.6 is 23.1 Å². The summed E-state index contributed by atoms with van der Waals surface area (Å²) in [5, 5.41) is 15.2. The van der Waals surface area contributed by atoms with Crippen LogP contribution in [0, 0.1) is 0 Å². The first-order chi connectivity index (χ1) is 12.2. The first-order valence-corrected chi connectivity index (χ1v) is 9.59. The first-order valence-electron chi connectivity index (χ1n) is 7.55. The Morgan fingerprint density at radius 2 is 2.16 bits per heavy atom. The molecule has 0 aliphatic heterocycles. The molecule has 1 amide bonds. The third-order valence-corrected chi connectivity index (χ3v) is 5.84. The van der Waals surface area contributed by atoms with Gasteiger partial charge in [0.25, 0.3) is 5.91 Å². The summed E-state index contributed by atoms with van der Waals surface area (Å²) in [7, 11) is 1.65. The molecule has 3 aromatic rings. The maximum absolute atomic E-state index is 12.5. The van der Waals surface area contributed by atoms with Crippen LogP contribution in [-0.2, 0) is 12.8 Å². The van der Waals surface area contributed by atoms with Crippen LogP contribution in [0.2, 0.25) is 0 Å². The Labute approximate surface area is 151 Å². The van der Waals surface area contributed by atoms with E-state index in [1.807, 2.05) is 24.5 Å². The molecule has 0 fully saturated rings. The van der Waals surface area contributed by atoms with E-state index in [2.05, 4.69) is 20.7 Å². The van der Waals surface area contributed by atoms with E-state index in [-0.39, 0.29) is 11.7 Å². The van der Waals surface area contributed by atoms with E-state index < -0.39 is 0 Å². The van der Waals surface area contributed by atoms with E-state index >= 15 is 0 Å². The minimum Gasteiger partial charge on any atom is -0.496 e. The quantitative estimate of drug-likeness (QED) is 0.553. The number of amides is 1. The van der Waals surface area contributed by atoms with E-state index in [0.29, 0.717) is 17.2 Å². The van der Waals surface area contributed by atoms with Crippen molar-refractivity contribution < 1.29 is 14.1 Å². The summed E-state index contributed by atoms with van der Waals surface area (Å²) in [6.45, 7) is 0. The third-order valence-electron chi connectivity index (χ3n) is 4.03. The van der Waals surface area contributed by atoms with Crippen LogP contribution in [0.25, 0.3) is 11.3 Å². The number of methoxy groups -OCH3 is 1. The predicted octanol–water partition coefficient (Wildman–Crippen LogP) is 3.27. The molecule has 128 valence electrons. The molecule has 25 heavy (non-hydrogen) atoms. The molecule has 4 rings (SSSR count). The van der Waals surface area contributed by atoms with Gasteiger partial charge in [0.05, 0.1) is 7.11 Å². The predicted molar refractivity (Wildman–Crippen MR) is 95.5 cm³/mol. The lowest BCUT2D eigenvalue weighted by molar-refractivity contribution is 0.0986. The minimum atomic E-state index is -0.358. The smallest absolute Gasteiger partial charge is 0.296 e. The highest BCUT2D eigenvalue weighted by molar-refractivity contribution is 8.00. The summed E-state index contributed by atoms with van der Waals surface area (Å²) in [4.78, 5) is 12.5. The molecular weight excluding hydrogens is 360 g/mol. The molecule has 0 radical (unpaired) electrons. The third kappa shape index (κ3) is 2.79. The minimum absolute atomic E-state index is 0.226. The Kier molecular flexibility index (Phi) is 4.18. The number of hydrogen-bond donors (Lipinski definition) is 1. The summed E-state index contributed by atoms with van der Waals surface area (Å²) in [6.07, 6.45) is 3.34. The van der Waals surface area contributed by atoms with Crippen molar-refractivity contribution in [1.82, 2.24) is 15.4 Å². The molecule has 0 unspecified atom stereocenters. The summed E-state index contributed by atoms with van der Waals surface area (Å²) in [5.74, 6) is 0.698. The van der Waals surface area contributed by atoms with Gasteiger partial charge in [-0.1, -0.05) is 40.4 Å². The number of anilines is 1. The summed E-state index contributed by atoms with van der Waals surface area (Å²) < 4.78 is 11.6. The lowest BCUT2D eigenvalue weighted by Gasteiger charge is -2.17. The fourth-order valence-corrected chi connectivity index (χ4v) is 4.08. The summed E-state index contributed by atoms with van der Waals surface area (Å²) in [5.41, 5.74) is 3.55. The monoisotopic (exact) mass is 374 g/mol. The average Bonchev–Trinajstić information content (AvgIpc) is 3.27. The van der Waals surface area contributed by atoms with Gasteiger partial charge in [-0.3, -0.25) is 10.1 Å². The second-order valence-electron chi connectivity index (χ2n) is 5.36. The Morgan fingerprint density at radius 1 is 1.32 bits per heavy atom. The van der Waals surface area contributed by atoms with Crippen molar-refractivity contribution in [1.29, 1.82) is 0 Å². The number of hydrogen-bond acceptors (Lipinski definition) is 8. The zero-order valence-electron chi connectivity index (χ0n) is 13.5. The van der Waals surface area contributed by atoms with Gasteiger partial charge in [-0.25, -0.2) is 0 Å². The highest BCUT2D eigenvalue weighted by Gasteiger charge is 2.29. The summed E-state index contributed by atoms with van der Waals surface area (Å²) in [6, 6.07) is 5.80. The van der Waals surface area contributed by atoms with Crippen molar-refractivity contribution in [2.24, 2.45) is 0 Å². The number of fused-ring (bicyclic) bond motifs is 3. The van der Waals surface area contributed by atoms with E-state index in [4.69, 9.17) is 9.26 Å². The lowest BCUT2D eigenvalue weighted by Crippen LogP contribution is -2.14. The number of carbonyl (C=O) groups excluding carboxylic acids is 1. The molecule has 0 saturated carbocycles. The van der Waals surface area contributed by atoms with Crippen LogP contribution in [0.3, 0.4) is 0 Å². The van der Waals surface area contributed by atoms with Gasteiger partial charge in [0, 0.05) is 16.7 Å². The van der Waals surface area contributed by atoms with Crippen LogP contribution in [0.5, 0.6) is 5.75 Å². The normalized spacial score (nSPS) is 12.4. The van der Waals surface area contributed by atoms with Crippen molar-refractivity contribution >= 4 is 34.1 Å². The van der Waals surface area contributed by atoms with Crippen molar-refractivity contribution in [2.45, 2.75) is 17.2 Å². The molecule has 2 aromatic heterocycles. The van der Waals surface area contributed by atoms with Gasteiger partial charge in [-0.2, -0.15) is 0 Å². The highest BCUT2D eigenvalue weighted by Crippen LogP contribution is 2.39. The lowest BCUT2D eigenvalue weighted by atomic mass is 9.88. The first kappa shape index (κ1) is 16.1. The van der Waals surface area contributed by atoms with Gasteiger partial charge < -0.3 is 9.26 Å². The fraction of sp³-hybridized carbons (Fsp3) is 0.250. The van der Waals surface area contributed by atoms with E-state index in [9.17, 15) is 4.79 Å². The standard InChI is InChI=1S/C16H14N4O3S2/c1-22-11-5-3-4-9-8(11)6-7-10-12(9)20-23-13(10)14(21)17-15-18-19-16(24-2)25-15/h3-5H,6-7H2,1-2H3,(H,17,18,21). The van der Waals surface area contributed by atoms with Crippen LogP contribution in [0.15, 0.2) is 27.1 Å². The van der Waals surface area contributed by atoms with Gasteiger partial charge in [-0.05, 0) is 25.2 Å². The molecule has 1 aliphatic carbocycles. The maximum Gasteiger partial charge on any atom is 0.296 e. The number of nitrogens with zero attached hydrogens (tertiary/aromatic N) is 3. The fourth-order valence-electron chi connectivity index (χ4n) is 2.91. The van der Waals surface area contributed by atoms with Crippen LogP contribution in [0.4, 0.5) is 5.13 Å². The molecule has 1 aliphatic rings. The number of rotatable bonds is 4. The van der Waals surface area contributed by atoms with Crippen LogP contribution in [-0.4, -0.2) is 34.6 Å². The second-order valence-corrected chi connectivity index (χ2v) is 7.39. The number of thioether (sulfide) groups is 1. The number of nitrogens with one attached hydrogen (secondary N) is 1. The number of carbonyl (C=O) groups is 1. The molecule has 0 saturated heterocycles. The molecule has 0 bridgehead atoms. The highest BCUT2D eigenvalue weighted by atomic mass is 32.2. The SMILES string of the molecule is COc1cccc2c1CCc1c-2noc1C(=O)Nc1nnc(SC)s1. The van der Waals surface area contributed by atoms with E-state index in [1.165, 1.54) is 23.1 Å². The molecule has 9 heteroatoms. The molecule has 0 spiro atoms. The topological polar surface area (TPSA) is 90.1 Å². The number of benzene rings is 1. The molecule has 0 atom stereocenters. The molecular formula is C16H14N4O3S2. The number of aromatic nitrogens is 3. The van der Waals surface area contributed by atoms with E-state index in [0.717, 1.165) is 33.2 Å². The largest absolute Gasteiger partial charge is 0.496 e. The van der Waals surface area contributed by atoms with Gasteiger partial charge >= 0.3 is 0 Å². The second kappa shape index (κ2) is 6.49. The molecule has 7 nitrogen and oxygen atoms in total. The Balaban J connectivity index is 1.66. The van der Waals surface area contributed by atoms with Crippen molar-refractivity contribution in [3.8, 4) is 17.0 Å². The Morgan fingerprint density at radius 3 is 2.92 bits per heavy atom. The van der Waals surface area contributed by atoms with Crippen LogP contribution < -0.4 is 10.1 Å². The van der Waals surface area contributed by atoms with Gasteiger partial charge in [-0.15, -0.1) is 10.2 Å². The number of ether oxygens (including phenoxy) is 1. The zero-order valence-corrected chi connectivity index (χ0v) is 15.2. The maximum atomic E-state index is 12.5. The Hall–Kier alpha value is -2.39. The van der Waals surface area contributed by atoms with Gasteiger partial charge in [0.15, 0.2) is 4.34 Å². The zero-order chi connectivity index (χ0) is 17.4.